The second kappa shape index (κ2) is 8.08. The molecule has 1 aliphatic heterocycles. The van der Waals surface area contributed by atoms with Crippen molar-refractivity contribution in [2.75, 3.05) is 18.4 Å². The molecular weight excluding hydrogens is 434 g/mol. The van der Waals surface area contributed by atoms with Gasteiger partial charge >= 0.3 is 18.4 Å². The summed E-state index contributed by atoms with van der Waals surface area (Å²) in [5.41, 5.74) is 0.620. The third-order valence-corrected chi connectivity index (χ3v) is 4.68. The number of nitrogens with one attached hydrogen (secondary N) is 1. The Hall–Kier alpha value is -3.31. The van der Waals surface area contributed by atoms with Crippen molar-refractivity contribution < 1.29 is 45.5 Å². The lowest BCUT2D eigenvalue weighted by Gasteiger charge is -2.23. The van der Waals surface area contributed by atoms with E-state index in [1.165, 1.54) is 24.3 Å². The van der Waals surface area contributed by atoms with Crippen molar-refractivity contribution in [1.82, 2.24) is 4.90 Å². The number of alkyl halides is 6. The highest BCUT2D eigenvalue weighted by Crippen LogP contribution is 2.32. The van der Waals surface area contributed by atoms with Crippen molar-refractivity contribution in [2.24, 2.45) is 0 Å². The summed E-state index contributed by atoms with van der Waals surface area (Å²) >= 11 is 0. The molecule has 1 amide bonds. The van der Waals surface area contributed by atoms with E-state index in [-0.39, 0.29) is 23.8 Å². The van der Waals surface area contributed by atoms with Crippen LogP contribution in [0.5, 0.6) is 0 Å². The standard InChI is InChI=1S/C19H14F6N2O4/c20-18(21,22)17(30)26-12-3-1-10(2-4-12)11-5-6-27(9-11)13-7-15(29)16(8-14(13)28)31-19(23,24)25/h1-4,7-8,11H,5-6,9H2,(H,26,30). The summed E-state index contributed by atoms with van der Waals surface area (Å²) in [6.45, 7) is 0.605. The van der Waals surface area contributed by atoms with Crippen LogP contribution in [0.15, 0.2) is 47.9 Å². The number of amides is 1. The van der Waals surface area contributed by atoms with Crippen molar-refractivity contribution in [3.63, 3.8) is 0 Å². The third kappa shape index (κ3) is 5.44. The first-order valence-electron chi connectivity index (χ1n) is 8.84. The first kappa shape index (κ1) is 22.4. The average Bonchev–Trinajstić information content (AvgIpc) is 3.13. The van der Waals surface area contributed by atoms with Crippen molar-refractivity contribution >= 4 is 23.2 Å². The van der Waals surface area contributed by atoms with Crippen molar-refractivity contribution in [2.45, 2.75) is 24.9 Å². The lowest BCUT2D eigenvalue weighted by molar-refractivity contribution is -0.304. The number of anilines is 1. The molecule has 0 radical (unpaired) electrons. The zero-order chi connectivity index (χ0) is 23.0. The molecule has 1 atom stereocenters. The third-order valence-electron chi connectivity index (χ3n) is 4.68. The molecule has 31 heavy (non-hydrogen) atoms. The fraction of sp³-hybridized carbons (Fsp3) is 0.316. The van der Waals surface area contributed by atoms with Crippen molar-refractivity contribution in [1.29, 1.82) is 0 Å². The smallest absolute Gasteiger partial charge is 0.401 e. The van der Waals surface area contributed by atoms with E-state index in [0.29, 0.717) is 19.0 Å². The van der Waals surface area contributed by atoms with E-state index in [1.54, 1.807) is 10.2 Å². The molecule has 1 aliphatic carbocycles. The number of hydrogen-bond donors (Lipinski definition) is 1. The second-order valence-corrected chi connectivity index (χ2v) is 6.82. The Morgan fingerprint density at radius 3 is 2.23 bits per heavy atom. The minimum absolute atomic E-state index is 0.0426. The van der Waals surface area contributed by atoms with E-state index < -0.39 is 35.8 Å². The maximum atomic E-state index is 12.3. The van der Waals surface area contributed by atoms with Gasteiger partial charge in [-0.1, -0.05) is 12.1 Å². The molecule has 1 saturated heterocycles. The van der Waals surface area contributed by atoms with Gasteiger partial charge in [-0.2, -0.15) is 13.2 Å². The summed E-state index contributed by atoms with van der Waals surface area (Å²) in [5, 5.41) is 1.73. The minimum atomic E-state index is -5.10. The summed E-state index contributed by atoms with van der Waals surface area (Å²) in [5.74, 6) is -5.23. The Labute approximate surface area is 171 Å². The van der Waals surface area contributed by atoms with Crippen LogP contribution in [0.4, 0.5) is 32.0 Å². The van der Waals surface area contributed by atoms with Gasteiger partial charge < -0.3 is 15.0 Å². The summed E-state index contributed by atoms with van der Waals surface area (Å²) in [6.07, 6.45) is -8.29. The number of nitrogens with zero attached hydrogens (tertiary/aromatic N) is 1. The molecule has 3 rings (SSSR count). The molecule has 1 heterocycles. The number of allylic oxidation sites excluding steroid dienone is 2. The largest absolute Gasteiger partial charge is 0.573 e. The highest BCUT2D eigenvalue weighted by Gasteiger charge is 2.39. The molecule has 0 aromatic heterocycles. The predicted molar refractivity (Wildman–Crippen MR) is 93.4 cm³/mol. The Kier molecular flexibility index (Phi) is 5.83. The topological polar surface area (TPSA) is 75.7 Å². The number of likely N-dealkylation sites (tertiary alicyclic amines) is 1. The van der Waals surface area contributed by atoms with Crippen LogP contribution in [0.1, 0.15) is 17.9 Å². The van der Waals surface area contributed by atoms with Gasteiger partial charge in [-0.15, -0.1) is 13.2 Å². The molecule has 6 nitrogen and oxygen atoms in total. The van der Waals surface area contributed by atoms with Crippen LogP contribution in [-0.2, 0) is 19.1 Å². The first-order valence-corrected chi connectivity index (χ1v) is 8.84. The molecule has 0 saturated carbocycles. The molecule has 1 aromatic rings. The number of halogens is 6. The number of benzene rings is 1. The van der Waals surface area contributed by atoms with E-state index >= 15 is 0 Å². The average molecular weight is 448 g/mol. The number of rotatable bonds is 4. The number of carbonyl (C=O) groups is 3. The van der Waals surface area contributed by atoms with E-state index in [9.17, 15) is 40.7 Å². The predicted octanol–water partition coefficient (Wildman–Crippen LogP) is 3.43. The molecule has 12 heteroatoms. The number of carbonyl (C=O) groups excluding carboxylic acids is 3. The van der Waals surface area contributed by atoms with E-state index in [1.807, 2.05) is 0 Å². The van der Waals surface area contributed by atoms with Gasteiger partial charge in [-0.05, 0) is 24.1 Å². The van der Waals surface area contributed by atoms with E-state index in [2.05, 4.69) is 4.74 Å². The normalized spacial score (nSPS) is 19.8. The Balaban J connectivity index is 1.64. The molecule has 0 spiro atoms. The Bertz CT molecular complexity index is 963. The molecule has 1 N–H and O–H groups in total. The molecule has 0 bridgehead atoms. The Morgan fingerprint density at radius 2 is 1.65 bits per heavy atom. The van der Waals surface area contributed by atoms with Crippen LogP contribution in [0.25, 0.3) is 0 Å². The molecular formula is C19H14F6N2O4. The lowest BCUT2D eigenvalue weighted by atomic mass is 9.98. The molecule has 1 unspecified atom stereocenters. The van der Waals surface area contributed by atoms with Crippen LogP contribution in [0, 0.1) is 0 Å². The maximum absolute atomic E-state index is 12.3. The minimum Gasteiger partial charge on any atom is -0.401 e. The van der Waals surface area contributed by atoms with E-state index in [0.717, 1.165) is 11.6 Å². The van der Waals surface area contributed by atoms with Crippen molar-refractivity contribution in [3.8, 4) is 0 Å². The second-order valence-electron chi connectivity index (χ2n) is 6.82. The van der Waals surface area contributed by atoms with E-state index in [4.69, 9.17) is 0 Å². The lowest BCUT2D eigenvalue weighted by Crippen LogP contribution is -2.30. The number of ether oxygens (including phenoxy) is 1. The monoisotopic (exact) mass is 448 g/mol. The highest BCUT2D eigenvalue weighted by molar-refractivity contribution is 6.18. The first-order chi connectivity index (χ1) is 14.3. The molecule has 2 aliphatic rings. The maximum Gasteiger partial charge on any atom is 0.573 e. The Morgan fingerprint density at radius 1 is 1.00 bits per heavy atom. The highest BCUT2D eigenvalue weighted by atomic mass is 19.4. The van der Waals surface area contributed by atoms with Crippen LogP contribution < -0.4 is 5.32 Å². The van der Waals surface area contributed by atoms with Crippen LogP contribution in [-0.4, -0.2) is 48.0 Å². The summed E-state index contributed by atoms with van der Waals surface area (Å²) in [4.78, 5) is 36.6. The summed E-state index contributed by atoms with van der Waals surface area (Å²) in [7, 11) is 0. The molecule has 1 fully saturated rings. The quantitative estimate of drug-likeness (QED) is 0.565. The number of ketones is 2. The summed E-state index contributed by atoms with van der Waals surface area (Å²) in [6, 6.07) is 5.66. The zero-order valence-electron chi connectivity index (χ0n) is 15.5. The van der Waals surface area contributed by atoms with Gasteiger partial charge in [0.15, 0.2) is 5.76 Å². The fourth-order valence-electron chi connectivity index (χ4n) is 3.27. The van der Waals surface area contributed by atoms with Gasteiger partial charge in [0.2, 0.25) is 11.6 Å². The van der Waals surface area contributed by atoms with Gasteiger partial charge in [0.1, 0.15) is 0 Å². The van der Waals surface area contributed by atoms with Gasteiger partial charge in [-0.3, -0.25) is 14.4 Å². The zero-order valence-corrected chi connectivity index (χ0v) is 15.5. The molecule has 1 aromatic carbocycles. The SMILES string of the molecule is O=C1C=C(N2CCC(c3ccc(NC(=O)C(F)(F)F)cc3)C2)C(=O)C=C1OC(F)(F)F. The fourth-order valence-corrected chi connectivity index (χ4v) is 3.27. The van der Waals surface area contributed by atoms with Gasteiger partial charge in [-0.25, -0.2) is 0 Å². The summed E-state index contributed by atoms with van der Waals surface area (Å²) < 4.78 is 77.3. The van der Waals surface area contributed by atoms with Gasteiger partial charge in [0.25, 0.3) is 0 Å². The van der Waals surface area contributed by atoms with Crippen LogP contribution >= 0.6 is 0 Å². The van der Waals surface area contributed by atoms with Gasteiger partial charge in [0, 0.05) is 36.8 Å². The number of hydrogen-bond acceptors (Lipinski definition) is 5. The van der Waals surface area contributed by atoms with Crippen molar-refractivity contribution in [3.05, 3.63) is 53.4 Å². The van der Waals surface area contributed by atoms with Crippen LogP contribution in [0.3, 0.4) is 0 Å². The molecule has 166 valence electrons. The van der Waals surface area contributed by atoms with Gasteiger partial charge in [0.05, 0.1) is 5.70 Å². The van der Waals surface area contributed by atoms with Crippen LogP contribution in [0.2, 0.25) is 0 Å².